The highest BCUT2D eigenvalue weighted by Crippen LogP contribution is 2.25. The first-order chi connectivity index (χ1) is 8.63. The normalized spacial score (nSPS) is 12.7. The number of halogens is 2. The highest BCUT2D eigenvalue weighted by molar-refractivity contribution is 9.10. The fourth-order valence-electron chi connectivity index (χ4n) is 1.83. The van der Waals surface area contributed by atoms with Crippen LogP contribution in [0.15, 0.2) is 35.1 Å². The van der Waals surface area contributed by atoms with Gasteiger partial charge in [-0.05, 0) is 30.7 Å². The van der Waals surface area contributed by atoms with Gasteiger partial charge in [0, 0.05) is 22.8 Å². The van der Waals surface area contributed by atoms with Gasteiger partial charge in [0.1, 0.15) is 5.82 Å². The summed E-state index contributed by atoms with van der Waals surface area (Å²) < 4.78 is 15.9. The zero-order valence-corrected chi connectivity index (χ0v) is 11.5. The minimum Gasteiger partial charge on any atom is -0.273 e. The highest BCUT2D eigenvalue weighted by Gasteiger charge is 2.15. The van der Waals surface area contributed by atoms with Crippen LogP contribution in [0, 0.1) is 5.82 Å². The van der Waals surface area contributed by atoms with Gasteiger partial charge in [0.25, 0.3) is 0 Å². The quantitative estimate of drug-likeness (QED) is 0.673. The van der Waals surface area contributed by atoms with Crippen molar-refractivity contribution in [2.24, 2.45) is 5.84 Å². The molecule has 6 heteroatoms. The van der Waals surface area contributed by atoms with Crippen molar-refractivity contribution in [3.05, 3.63) is 52.0 Å². The van der Waals surface area contributed by atoms with E-state index in [0.717, 1.165) is 17.7 Å². The van der Waals surface area contributed by atoms with Crippen LogP contribution in [0.5, 0.6) is 0 Å². The van der Waals surface area contributed by atoms with E-state index in [1.807, 2.05) is 19.2 Å². The molecule has 0 saturated heterocycles. The number of hydrogen-bond acceptors (Lipinski definition) is 3. The van der Waals surface area contributed by atoms with Gasteiger partial charge >= 0.3 is 0 Å². The molecule has 0 fully saturated rings. The Morgan fingerprint density at radius 3 is 2.78 bits per heavy atom. The van der Waals surface area contributed by atoms with E-state index < -0.39 is 0 Å². The van der Waals surface area contributed by atoms with E-state index in [1.165, 1.54) is 12.1 Å². The fraction of sp³-hybridized carbons (Fsp3) is 0.250. The largest absolute Gasteiger partial charge is 0.273 e. The number of benzene rings is 1. The smallest absolute Gasteiger partial charge is 0.124 e. The number of hydrogen-bond donors (Lipinski definition) is 2. The summed E-state index contributed by atoms with van der Waals surface area (Å²) in [4.78, 5) is 0. The Morgan fingerprint density at radius 1 is 1.44 bits per heavy atom. The van der Waals surface area contributed by atoms with Crippen molar-refractivity contribution in [2.45, 2.75) is 19.5 Å². The van der Waals surface area contributed by atoms with Crippen molar-refractivity contribution in [2.75, 3.05) is 0 Å². The van der Waals surface area contributed by atoms with Crippen molar-refractivity contribution in [1.29, 1.82) is 0 Å². The van der Waals surface area contributed by atoms with Gasteiger partial charge in [-0.1, -0.05) is 15.9 Å². The molecule has 0 radical (unpaired) electrons. The predicted molar refractivity (Wildman–Crippen MR) is 71.2 cm³/mol. The first-order valence-corrected chi connectivity index (χ1v) is 6.37. The lowest BCUT2D eigenvalue weighted by molar-refractivity contribution is 0.603. The van der Waals surface area contributed by atoms with Crippen molar-refractivity contribution in [1.82, 2.24) is 15.2 Å². The molecule has 2 aromatic rings. The topological polar surface area (TPSA) is 55.9 Å². The number of nitrogens with zero attached hydrogens (tertiary/aromatic N) is 2. The molecule has 18 heavy (non-hydrogen) atoms. The van der Waals surface area contributed by atoms with Crippen LogP contribution in [0.4, 0.5) is 4.39 Å². The lowest BCUT2D eigenvalue weighted by Crippen LogP contribution is -2.28. The SMILES string of the molecule is CCn1cc(C(NN)c2cc(F)cc(Br)c2)cn1. The lowest BCUT2D eigenvalue weighted by Gasteiger charge is -2.15. The number of rotatable bonds is 4. The van der Waals surface area contributed by atoms with Crippen LogP contribution in [-0.2, 0) is 6.54 Å². The van der Waals surface area contributed by atoms with Gasteiger partial charge in [-0.2, -0.15) is 5.10 Å². The van der Waals surface area contributed by atoms with Gasteiger partial charge in [0.05, 0.1) is 12.2 Å². The van der Waals surface area contributed by atoms with Gasteiger partial charge in [0.15, 0.2) is 0 Å². The second-order valence-corrected chi connectivity index (χ2v) is 4.85. The van der Waals surface area contributed by atoms with Crippen molar-refractivity contribution < 1.29 is 4.39 Å². The Kier molecular flexibility index (Phi) is 4.11. The summed E-state index contributed by atoms with van der Waals surface area (Å²) in [6, 6.07) is 4.42. The summed E-state index contributed by atoms with van der Waals surface area (Å²) in [5.74, 6) is 5.26. The van der Waals surface area contributed by atoms with E-state index >= 15 is 0 Å². The molecule has 4 nitrogen and oxygen atoms in total. The average molecular weight is 313 g/mol. The van der Waals surface area contributed by atoms with Crippen molar-refractivity contribution in [3.63, 3.8) is 0 Å². The first kappa shape index (κ1) is 13.2. The molecule has 1 atom stereocenters. The number of nitrogens with one attached hydrogen (secondary N) is 1. The van der Waals surface area contributed by atoms with E-state index in [2.05, 4.69) is 26.5 Å². The standard InChI is InChI=1S/C12H14BrFN4/c1-2-18-7-9(6-16-18)12(17-15)8-3-10(13)5-11(14)4-8/h3-7,12,17H,2,15H2,1H3. The number of aromatic nitrogens is 2. The summed E-state index contributed by atoms with van der Waals surface area (Å²) in [7, 11) is 0. The van der Waals surface area contributed by atoms with Crippen LogP contribution in [0.1, 0.15) is 24.1 Å². The molecule has 0 amide bonds. The molecule has 0 aliphatic heterocycles. The van der Waals surface area contributed by atoms with Crippen LogP contribution >= 0.6 is 15.9 Å². The maximum absolute atomic E-state index is 13.4. The minimum absolute atomic E-state index is 0.280. The molecular formula is C12H14BrFN4. The molecular weight excluding hydrogens is 299 g/mol. The average Bonchev–Trinajstić information content (AvgIpc) is 2.77. The third-order valence-corrected chi connectivity index (χ3v) is 3.15. The maximum Gasteiger partial charge on any atom is 0.124 e. The van der Waals surface area contributed by atoms with Crippen LogP contribution in [0.2, 0.25) is 0 Å². The second kappa shape index (κ2) is 5.60. The zero-order chi connectivity index (χ0) is 13.1. The number of hydrazine groups is 1. The van der Waals surface area contributed by atoms with Crippen molar-refractivity contribution >= 4 is 15.9 Å². The third-order valence-electron chi connectivity index (χ3n) is 2.70. The Hall–Kier alpha value is -1.24. The molecule has 96 valence electrons. The molecule has 0 bridgehead atoms. The van der Waals surface area contributed by atoms with E-state index in [4.69, 9.17) is 5.84 Å². The molecule has 1 heterocycles. The maximum atomic E-state index is 13.4. The molecule has 0 spiro atoms. The van der Waals surface area contributed by atoms with Gasteiger partial charge in [0.2, 0.25) is 0 Å². The Balaban J connectivity index is 2.38. The summed E-state index contributed by atoms with van der Waals surface area (Å²) in [5.41, 5.74) is 4.34. The van der Waals surface area contributed by atoms with E-state index in [-0.39, 0.29) is 11.9 Å². The van der Waals surface area contributed by atoms with Crippen LogP contribution < -0.4 is 11.3 Å². The van der Waals surface area contributed by atoms with Gasteiger partial charge in [-0.3, -0.25) is 10.5 Å². The number of nitrogens with two attached hydrogens (primary N) is 1. The Morgan fingerprint density at radius 2 is 2.22 bits per heavy atom. The molecule has 1 aromatic carbocycles. The second-order valence-electron chi connectivity index (χ2n) is 3.93. The minimum atomic E-state index is -0.303. The van der Waals surface area contributed by atoms with E-state index in [1.54, 1.807) is 10.9 Å². The van der Waals surface area contributed by atoms with Crippen molar-refractivity contribution in [3.8, 4) is 0 Å². The Labute approximate surface area is 113 Å². The van der Waals surface area contributed by atoms with E-state index in [9.17, 15) is 4.39 Å². The lowest BCUT2D eigenvalue weighted by atomic mass is 10.0. The van der Waals surface area contributed by atoms with Gasteiger partial charge in [-0.15, -0.1) is 0 Å². The van der Waals surface area contributed by atoms with Crippen LogP contribution in [0.3, 0.4) is 0 Å². The zero-order valence-electron chi connectivity index (χ0n) is 9.90. The molecule has 1 aromatic heterocycles. The van der Waals surface area contributed by atoms with Gasteiger partial charge in [-0.25, -0.2) is 9.82 Å². The summed E-state index contributed by atoms with van der Waals surface area (Å²) >= 11 is 3.27. The Bertz CT molecular complexity index is 520. The van der Waals surface area contributed by atoms with E-state index in [0.29, 0.717) is 4.47 Å². The number of aryl methyl sites for hydroxylation is 1. The fourth-order valence-corrected chi connectivity index (χ4v) is 2.31. The molecule has 0 aliphatic rings. The first-order valence-electron chi connectivity index (χ1n) is 5.58. The summed E-state index contributed by atoms with van der Waals surface area (Å²) in [6.07, 6.45) is 3.62. The predicted octanol–water partition coefficient (Wildman–Crippen LogP) is 2.36. The molecule has 2 rings (SSSR count). The summed E-state index contributed by atoms with van der Waals surface area (Å²) in [6.45, 7) is 2.78. The monoisotopic (exact) mass is 312 g/mol. The molecule has 1 unspecified atom stereocenters. The van der Waals surface area contributed by atoms with Crippen LogP contribution in [-0.4, -0.2) is 9.78 Å². The highest BCUT2D eigenvalue weighted by atomic mass is 79.9. The van der Waals surface area contributed by atoms with Crippen LogP contribution in [0.25, 0.3) is 0 Å². The molecule has 0 aliphatic carbocycles. The summed E-state index contributed by atoms with van der Waals surface area (Å²) in [5, 5.41) is 4.19. The molecule has 3 N–H and O–H groups in total. The molecule has 0 saturated carbocycles. The van der Waals surface area contributed by atoms with Gasteiger partial charge < -0.3 is 0 Å². The third kappa shape index (κ3) is 2.77.